The second-order valence-corrected chi connectivity index (χ2v) is 4.08. The smallest absolute Gasteiger partial charge is 0.158 e. The lowest BCUT2D eigenvalue weighted by molar-refractivity contribution is 0.178. The summed E-state index contributed by atoms with van der Waals surface area (Å²) >= 11 is 0. The third-order valence-electron chi connectivity index (χ3n) is 2.27. The highest BCUT2D eigenvalue weighted by atomic mass is 16.5. The zero-order valence-electron chi connectivity index (χ0n) is 11.2. The first-order chi connectivity index (χ1) is 8.65. The van der Waals surface area contributed by atoms with E-state index in [2.05, 4.69) is 20.6 Å². The number of nitrogens with one attached hydrogen (secondary N) is 2. The van der Waals surface area contributed by atoms with Gasteiger partial charge in [-0.05, 0) is 20.3 Å². The average Bonchev–Trinajstić information content (AvgIpc) is 2.29. The van der Waals surface area contributed by atoms with E-state index in [4.69, 9.17) is 4.74 Å². The predicted molar refractivity (Wildman–Crippen MR) is 71.7 cm³/mol. The van der Waals surface area contributed by atoms with E-state index in [1.165, 1.54) is 0 Å². The predicted octanol–water partition coefficient (Wildman–Crippen LogP) is 1.24. The summed E-state index contributed by atoms with van der Waals surface area (Å²) in [5.74, 6) is 2.16. The Balaban J connectivity index is 2.69. The van der Waals surface area contributed by atoms with Crippen molar-refractivity contribution in [3.63, 3.8) is 0 Å². The molecule has 1 aromatic heterocycles. The van der Waals surface area contributed by atoms with E-state index >= 15 is 0 Å². The molecule has 6 heteroatoms. The van der Waals surface area contributed by atoms with Crippen LogP contribution in [-0.4, -0.2) is 41.4 Å². The normalized spacial score (nSPS) is 12.2. The number of hydrogen-bond acceptors (Lipinski definition) is 6. The molecule has 0 bridgehead atoms. The lowest BCUT2D eigenvalue weighted by Crippen LogP contribution is -2.12. The van der Waals surface area contributed by atoms with Crippen molar-refractivity contribution in [3.05, 3.63) is 11.9 Å². The molecule has 0 fully saturated rings. The van der Waals surface area contributed by atoms with E-state index in [0.717, 1.165) is 18.2 Å². The summed E-state index contributed by atoms with van der Waals surface area (Å²) in [5, 5.41) is 15.5. The SMILES string of the molecule is CCNc1cc(NCCC(C)O)nc(COC)n1. The van der Waals surface area contributed by atoms with Gasteiger partial charge in [-0.15, -0.1) is 0 Å². The van der Waals surface area contributed by atoms with Crippen molar-refractivity contribution in [2.24, 2.45) is 0 Å². The Bertz CT molecular complexity index is 334. The van der Waals surface area contributed by atoms with Gasteiger partial charge in [0, 0.05) is 26.3 Å². The maximum absolute atomic E-state index is 9.20. The van der Waals surface area contributed by atoms with E-state index in [0.29, 0.717) is 25.4 Å². The zero-order chi connectivity index (χ0) is 13.4. The van der Waals surface area contributed by atoms with Crippen LogP contribution in [0.1, 0.15) is 26.1 Å². The molecule has 1 aromatic rings. The number of anilines is 2. The summed E-state index contributed by atoms with van der Waals surface area (Å²) in [6.07, 6.45) is 0.367. The molecule has 1 unspecified atom stereocenters. The minimum atomic E-state index is -0.314. The topological polar surface area (TPSA) is 79.3 Å². The van der Waals surface area contributed by atoms with Crippen LogP contribution in [0.4, 0.5) is 11.6 Å². The minimum absolute atomic E-state index is 0.314. The van der Waals surface area contributed by atoms with Gasteiger partial charge in [-0.2, -0.15) is 0 Å². The molecule has 0 spiro atoms. The van der Waals surface area contributed by atoms with Crippen LogP contribution in [0, 0.1) is 0 Å². The summed E-state index contributed by atoms with van der Waals surface area (Å²) in [6, 6.07) is 1.85. The third kappa shape index (κ3) is 5.29. The number of aliphatic hydroxyl groups is 1. The third-order valence-corrected chi connectivity index (χ3v) is 2.27. The monoisotopic (exact) mass is 254 g/mol. The van der Waals surface area contributed by atoms with Crippen molar-refractivity contribution >= 4 is 11.6 Å². The largest absolute Gasteiger partial charge is 0.393 e. The number of ether oxygens (including phenoxy) is 1. The van der Waals surface area contributed by atoms with Gasteiger partial charge in [-0.25, -0.2) is 9.97 Å². The molecule has 0 saturated heterocycles. The lowest BCUT2D eigenvalue weighted by Gasteiger charge is -2.11. The molecule has 102 valence electrons. The molecule has 0 saturated carbocycles. The Hall–Kier alpha value is -1.40. The van der Waals surface area contributed by atoms with E-state index in [1.54, 1.807) is 14.0 Å². The lowest BCUT2D eigenvalue weighted by atomic mass is 10.3. The van der Waals surface area contributed by atoms with Gasteiger partial charge < -0.3 is 20.5 Å². The van der Waals surface area contributed by atoms with Crippen molar-refractivity contribution in [3.8, 4) is 0 Å². The van der Waals surface area contributed by atoms with Gasteiger partial charge in [0.1, 0.15) is 18.2 Å². The number of rotatable bonds is 8. The number of aliphatic hydroxyl groups excluding tert-OH is 1. The molecular weight excluding hydrogens is 232 g/mol. The maximum Gasteiger partial charge on any atom is 0.158 e. The quantitative estimate of drug-likeness (QED) is 0.647. The summed E-state index contributed by atoms with van der Waals surface area (Å²) < 4.78 is 5.04. The fourth-order valence-corrected chi connectivity index (χ4v) is 1.46. The molecule has 0 aliphatic carbocycles. The van der Waals surface area contributed by atoms with E-state index in [1.807, 2.05) is 13.0 Å². The van der Waals surface area contributed by atoms with E-state index < -0.39 is 0 Å². The van der Waals surface area contributed by atoms with Gasteiger partial charge >= 0.3 is 0 Å². The average molecular weight is 254 g/mol. The van der Waals surface area contributed by atoms with Gasteiger partial charge in [-0.3, -0.25) is 0 Å². The van der Waals surface area contributed by atoms with Crippen LogP contribution in [0.3, 0.4) is 0 Å². The first kappa shape index (κ1) is 14.7. The second kappa shape index (κ2) is 7.84. The summed E-state index contributed by atoms with van der Waals surface area (Å²) in [5.41, 5.74) is 0. The van der Waals surface area contributed by atoms with Crippen molar-refractivity contribution in [2.45, 2.75) is 33.0 Å². The maximum atomic E-state index is 9.20. The molecule has 3 N–H and O–H groups in total. The fraction of sp³-hybridized carbons (Fsp3) is 0.667. The van der Waals surface area contributed by atoms with Crippen molar-refractivity contribution in [2.75, 3.05) is 30.8 Å². The van der Waals surface area contributed by atoms with Crippen molar-refractivity contribution < 1.29 is 9.84 Å². The van der Waals surface area contributed by atoms with Crippen LogP contribution in [0.5, 0.6) is 0 Å². The summed E-state index contributed by atoms with van der Waals surface area (Å²) in [7, 11) is 1.61. The molecule has 0 amide bonds. The van der Waals surface area contributed by atoms with Crippen LogP contribution in [0.25, 0.3) is 0 Å². The van der Waals surface area contributed by atoms with Gasteiger partial charge in [0.05, 0.1) is 6.10 Å². The molecular formula is C12H22N4O2. The van der Waals surface area contributed by atoms with Gasteiger partial charge in [-0.1, -0.05) is 0 Å². The molecule has 1 rings (SSSR count). The van der Waals surface area contributed by atoms with Crippen molar-refractivity contribution in [1.29, 1.82) is 0 Å². The number of hydrogen-bond donors (Lipinski definition) is 3. The highest BCUT2D eigenvalue weighted by Gasteiger charge is 2.04. The number of aromatic nitrogens is 2. The fourth-order valence-electron chi connectivity index (χ4n) is 1.46. The molecule has 1 atom stereocenters. The molecule has 1 heterocycles. The van der Waals surface area contributed by atoms with Gasteiger partial charge in [0.2, 0.25) is 0 Å². The highest BCUT2D eigenvalue weighted by Crippen LogP contribution is 2.12. The highest BCUT2D eigenvalue weighted by molar-refractivity contribution is 5.47. The van der Waals surface area contributed by atoms with Crippen LogP contribution in [0.15, 0.2) is 6.07 Å². The summed E-state index contributed by atoms with van der Waals surface area (Å²) in [6.45, 7) is 5.63. The van der Waals surface area contributed by atoms with Crippen LogP contribution < -0.4 is 10.6 Å². The van der Waals surface area contributed by atoms with E-state index in [-0.39, 0.29) is 6.10 Å². The standard InChI is InChI=1S/C12H22N4O2/c1-4-13-10-7-11(14-6-5-9(2)17)16-12(15-10)8-18-3/h7,9,17H,4-6,8H2,1-3H3,(H2,13,14,15,16). The number of nitrogens with zero attached hydrogens (tertiary/aromatic N) is 2. The summed E-state index contributed by atoms with van der Waals surface area (Å²) in [4.78, 5) is 8.65. The van der Waals surface area contributed by atoms with Crippen LogP contribution >= 0.6 is 0 Å². The Morgan fingerprint density at radius 1 is 1.33 bits per heavy atom. The molecule has 0 radical (unpaired) electrons. The van der Waals surface area contributed by atoms with E-state index in [9.17, 15) is 5.11 Å². The van der Waals surface area contributed by atoms with Crippen molar-refractivity contribution in [1.82, 2.24) is 9.97 Å². The first-order valence-electron chi connectivity index (χ1n) is 6.18. The second-order valence-electron chi connectivity index (χ2n) is 4.08. The molecule has 6 nitrogen and oxygen atoms in total. The molecule has 0 aliphatic heterocycles. The minimum Gasteiger partial charge on any atom is -0.393 e. The Morgan fingerprint density at radius 2 is 2.00 bits per heavy atom. The zero-order valence-corrected chi connectivity index (χ0v) is 11.2. The number of methoxy groups -OCH3 is 1. The Morgan fingerprint density at radius 3 is 2.56 bits per heavy atom. The van der Waals surface area contributed by atoms with Gasteiger partial charge in [0.25, 0.3) is 0 Å². The van der Waals surface area contributed by atoms with Crippen LogP contribution in [0.2, 0.25) is 0 Å². The Kier molecular flexibility index (Phi) is 6.38. The molecule has 0 aromatic carbocycles. The van der Waals surface area contributed by atoms with Crippen LogP contribution in [-0.2, 0) is 11.3 Å². The molecule has 0 aliphatic rings. The van der Waals surface area contributed by atoms with Gasteiger partial charge in [0.15, 0.2) is 5.82 Å². The first-order valence-corrected chi connectivity index (χ1v) is 6.18. The Labute approximate surface area is 108 Å². The molecule has 18 heavy (non-hydrogen) atoms.